The molecule has 2 amide bonds. The smallest absolute Gasteiger partial charge is 0.319 e. The summed E-state index contributed by atoms with van der Waals surface area (Å²) in [6, 6.07) is 4.06. The average molecular weight is 211 g/mol. The van der Waals surface area contributed by atoms with Crippen LogP contribution in [-0.4, -0.2) is 19.1 Å². The maximum absolute atomic E-state index is 13.2. The van der Waals surface area contributed by atoms with Crippen LogP contribution >= 0.6 is 0 Å². The first-order valence-electron chi connectivity index (χ1n) is 4.64. The van der Waals surface area contributed by atoms with Gasteiger partial charge in [-0.3, -0.25) is 0 Å². The van der Waals surface area contributed by atoms with Crippen molar-refractivity contribution in [2.75, 3.05) is 18.4 Å². The average Bonchev–Trinajstić information content (AvgIpc) is 2.20. The second-order valence-corrected chi connectivity index (χ2v) is 3.15. The number of carbonyl (C=O) groups is 1. The summed E-state index contributed by atoms with van der Waals surface area (Å²) in [5, 5.41) is 4.89. The molecule has 0 aliphatic rings. The van der Waals surface area contributed by atoms with Crippen LogP contribution in [0.4, 0.5) is 14.9 Å². The van der Waals surface area contributed by atoms with Crippen LogP contribution in [0, 0.1) is 12.7 Å². The van der Waals surface area contributed by atoms with Gasteiger partial charge in [0.25, 0.3) is 0 Å². The molecule has 0 spiro atoms. The van der Waals surface area contributed by atoms with Crippen molar-refractivity contribution in [1.82, 2.24) is 5.32 Å². The zero-order valence-electron chi connectivity index (χ0n) is 8.51. The van der Waals surface area contributed by atoms with Gasteiger partial charge in [-0.05, 0) is 24.6 Å². The second-order valence-electron chi connectivity index (χ2n) is 3.15. The Morgan fingerprint density at radius 3 is 2.93 bits per heavy atom. The van der Waals surface area contributed by atoms with Crippen molar-refractivity contribution in [3.05, 3.63) is 29.6 Å². The first-order valence-corrected chi connectivity index (χ1v) is 4.64. The molecule has 0 radical (unpaired) electrons. The van der Waals surface area contributed by atoms with E-state index in [4.69, 9.17) is 5.73 Å². The fourth-order valence-corrected chi connectivity index (χ4v) is 1.09. The molecule has 0 heterocycles. The molecule has 0 saturated carbocycles. The predicted molar refractivity (Wildman–Crippen MR) is 57.2 cm³/mol. The molecule has 4 N–H and O–H groups in total. The van der Waals surface area contributed by atoms with E-state index in [2.05, 4.69) is 10.6 Å². The number of nitrogens with one attached hydrogen (secondary N) is 2. The SMILES string of the molecule is Cc1ccc(F)c(NC(=O)NCCN)c1. The lowest BCUT2D eigenvalue weighted by Crippen LogP contribution is -2.33. The molecule has 0 saturated heterocycles. The summed E-state index contributed by atoms with van der Waals surface area (Å²) in [7, 11) is 0. The lowest BCUT2D eigenvalue weighted by molar-refractivity contribution is 0.252. The highest BCUT2D eigenvalue weighted by Gasteiger charge is 2.05. The van der Waals surface area contributed by atoms with E-state index in [0.717, 1.165) is 5.56 Å². The maximum Gasteiger partial charge on any atom is 0.319 e. The first kappa shape index (κ1) is 11.5. The number of benzene rings is 1. The summed E-state index contributed by atoms with van der Waals surface area (Å²) < 4.78 is 13.2. The normalized spacial score (nSPS) is 9.80. The summed E-state index contributed by atoms with van der Waals surface area (Å²) in [5.41, 5.74) is 6.26. The number of anilines is 1. The van der Waals surface area contributed by atoms with E-state index >= 15 is 0 Å². The summed E-state index contributed by atoms with van der Waals surface area (Å²) in [6.07, 6.45) is 0. The quantitative estimate of drug-likeness (QED) is 0.703. The minimum Gasteiger partial charge on any atom is -0.337 e. The third-order valence-corrected chi connectivity index (χ3v) is 1.80. The third-order valence-electron chi connectivity index (χ3n) is 1.80. The van der Waals surface area contributed by atoms with Gasteiger partial charge in [-0.15, -0.1) is 0 Å². The molecule has 0 aliphatic heterocycles. The van der Waals surface area contributed by atoms with Gasteiger partial charge in [-0.25, -0.2) is 9.18 Å². The number of rotatable bonds is 3. The van der Waals surface area contributed by atoms with Gasteiger partial charge in [0, 0.05) is 13.1 Å². The highest BCUT2D eigenvalue weighted by Crippen LogP contribution is 2.15. The zero-order valence-corrected chi connectivity index (χ0v) is 8.51. The summed E-state index contributed by atoms with van der Waals surface area (Å²) in [5.74, 6) is -0.455. The van der Waals surface area contributed by atoms with Crippen molar-refractivity contribution in [2.45, 2.75) is 6.92 Å². The van der Waals surface area contributed by atoms with Crippen LogP contribution in [-0.2, 0) is 0 Å². The first-order chi connectivity index (χ1) is 7.13. The van der Waals surface area contributed by atoms with E-state index in [-0.39, 0.29) is 5.69 Å². The van der Waals surface area contributed by atoms with Crippen molar-refractivity contribution in [3.8, 4) is 0 Å². The summed E-state index contributed by atoms with van der Waals surface area (Å²) >= 11 is 0. The van der Waals surface area contributed by atoms with Crippen LogP contribution < -0.4 is 16.4 Å². The molecule has 1 rings (SSSR count). The molecule has 5 heteroatoms. The van der Waals surface area contributed by atoms with Gasteiger partial charge in [0.15, 0.2) is 0 Å². The Kier molecular flexibility index (Phi) is 4.05. The molecule has 0 atom stereocenters. The number of aryl methyl sites for hydroxylation is 1. The van der Waals surface area contributed by atoms with Crippen molar-refractivity contribution < 1.29 is 9.18 Å². The molecular weight excluding hydrogens is 197 g/mol. The molecule has 0 unspecified atom stereocenters. The Labute approximate surface area is 87.7 Å². The number of halogens is 1. The minimum atomic E-state index is -0.455. The van der Waals surface area contributed by atoms with Gasteiger partial charge in [-0.2, -0.15) is 0 Å². The maximum atomic E-state index is 13.2. The van der Waals surface area contributed by atoms with Crippen LogP contribution in [0.1, 0.15) is 5.56 Å². The Morgan fingerprint density at radius 2 is 2.27 bits per heavy atom. The van der Waals surface area contributed by atoms with Crippen LogP contribution in [0.25, 0.3) is 0 Å². The summed E-state index contributed by atoms with van der Waals surface area (Å²) in [4.78, 5) is 11.2. The number of hydrogen-bond donors (Lipinski definition) is 3. The largest absolute Gasteiger partial charge is 0.337 e. The van der Waals surface area contributed by atoms with Gasteiger partial charge in [0.05, 0.1) is 5.69 Å². The Morgan fingerprint density at radius 1 is 1.53 bits per heavy atom. The molecule has 82 valence electrons. The van der Waals surface area contributed by atoms with Crippen molar-refractivity contribution >= 4 is 11.7 Å². The lowest BCUT2D eigenvalue weighted by atomic mass is 10.2. The fourth-order valence-electron chi connectivity index (χ4n) is 1.09. The third kappa shape index (κ3) is 3.55. The predicted octanol–water partition coefficient (Wildman–Crippen LogP) is 1.21. The monoisotopic (exact) mass is 211 g/mol. The lowest BCUT2D eigenvalue weighted by Gasteiger charge is -2.08. The number of amides is 2. The Balaban J connectivity index is 2.63. The number of carbonyl (C=O) groups excluding carboxylic acids is 1. The van der Waals surface area contributed by atoms with E-state index in [1.807, 2.05) is 6.92 Å². The van der Waals surface area contributed by atoms with Crippen molar-refractivity contribution in [3.63, 3.8) is 0 Å². The van der Waals surface area contributed by atoms with Crippen LogP contribution in [0.5, 0.6) is 0 Å². The molecule has 0 fully saturated rings. The molecule has 1 aromatic carbocycles. The molecular formula is C10H14FN3O. The van der Waals surface area contributed by atoms with Gasteiger partial charge >= 0.3 is 6.03 Å². The molecule has 1 aromatic rings. The van der Waals surface area contributed by atoms with Crippen LogP contribution in [0.2, 0.25) is 0 Å². The number of urea groups is 1. The Hall–Kier alpha value is -1.62. The molecule has 0 aliphatic carbocycles. The number of nitrogens with two attached hydrogens (primary N) is 1. The zero-order chi connectivity index (χ0) is 11.3. The molecule has 0 bridgehead atoms. The van der Waals surface area contributed by atoms with Gasteiger partial charge in [0.1, 0.15) is 5.82 Å². The number of hydrogen-bond acceptors (Lipinski definition) is 2. The second kappa shape index (κ2) is 5.31. The van der Waals surface area contributed by atoms with Gasteiger partial charge < -0.3 is 16.4 Å². The standard InChI is InChI=1S/C10H14FN3O/c1-7-2-3-8(11)9(6-7)14-10(15)13-5-4-12/h2-3,6H,4-5,12H2,1H3,(H2,13,14,15). The van der Waals surface area contributed by atoms with E-state index in [9.17, 15) is 9.18 Å². The van der Waals surface area contributed by atoms with Crippen LogP contribution in [0.15, 0.2) is 18.2 Å². The minimum absolute atomic E-state index is 0.171. The van der Waals surface area contributed by atoms with E-state index in [1.54, 1.807) is 12.1 Å². The van der Waals surface area contributed by atoms with Gasteiger partial charge in [-0.1, -0.05) is 6.07 Å². The van der Waals surface area contributed by atoms with E-state index in [1.165, 1.54) is 6.07 Å². The van der Waals surface area contributed by atoms with Crippen molar-refractivity contribution in [2.24, 2.45) is 5.73 Å². The van der Waals surface area contributed by atoms with E-state index < -0.39 is 11.8 Å². The molecule has 4 nitrogen and oxygen atoms in total. The van der Waals surface area contributed by atoms with E-state index in [0.29, 0.717) is 13.1 Å². The highest BCUT2D eigenvalue weighted by molar-refractivity contribution is 5.89. The molecule has 15 heavy (non-hydrogen) atoms. The van der Waals surface area contributed by atoms with Crippen molar-refractivity contribution in [1.29, 1.82) is 0 Å². The van der Waals surface area contributed by atoms with Crippen LogP contribution in [0.3, 0.4) is 0 Å². The highest BCUT2D eigenvalue weighted by atomic mass is 19.1. The molecule has 0 aromatic heterocycles. The summed E-state index contributed by atoms with van der Waals surface area (Å²) in [6.45, 7) is 2.53. The topological polar surface area (TPSA) is 67.2 Å². The van der Waals surface area contributed by atoms with Gasteiger partial charge in [0.2, 0.25) is 0 Å². The Bertz CT molecular complexity index is 355. The fraction of sp³-hybridized carbons (Fsp3) is 0.300.